The van der Waals surface area contributed by atoms with E-state index < -0.39 is 22.1 Å². The van der Waals surface area contributed by atoms with Gasteiger partial charge in [0.15, 0.2) is 6.10 Å². The van der Waals surface area contributed by atoms with Crippen LogP contribution in [0.5, 0.6) is 0 Å². The van der Waals surface area contributed by atoms with Crippen LogP contribution in [0.15, 0.2) is 53.4 Å². The maximum Gasteiger partial charge on any atom is 0.338 e. The Hall–Kier alpha value is -2.42. The van der Waals surface area contributed by atoms with Crippen molar-refractivity contribution in [3.63, 3.8) is 0 Å². The lowest BCUT2D eigenvalue weighted by atomic mass is 10.2. The molecule has 1 heterocycles. The zero-order valence-electron chi connectivity index (χ0n) is 17.5. The molecule has 0 aliphatic carbocycles. The molecule has 1 aliphatic rings. The molecule has 0 aromatic heterocycles. The molecular weight excluding hydrogens is 440 g/mol. The summed E-state index contributed by atoms with van der Waals surface area (Å²) in [6.45, 7) is 4.57. The van der Waals surface area contributed by atoms with Crippen LogP contribution in [-0.4, -0.2) is 50.3 Å². The number of likely N-dealkylation sites (N-methyl/N-ethyl adjacent to an activating group) is 1. The van der Waals surface area contributed by atoms with Crippen molar-refractivity contribution in [1.29, 1.82) is 0 Å². The highest BCUT2D eigenvalue weighted by atomic mass is 35.5. The molecule has 9 heteroatoms. The third-order valence-corrected chi connectivity index (χ3v) is 7.51. The second kappa shape index (κ2) is 9.80. The van der Waals surface area contributed by atoms with Crippen LogP contribution in [0.4, 0.5) is 5.69 Å². The summed E-state index contributed by atoms with van der Waals surface area (Å²) >= 11 is 6.13. The van der Waals surface area contributed by atoms with Crippen LogP contribution in [0.1, 0.15) is 37.0 Å². The van der Waals surface area contributed by atoms with Crippen LogP contribution in [0.25, 0.3) is 0 Å². The number of hydrogen-bond donors (Lipinski definition) is 0. The Morgan fingerprint density at radius 2 is 1.77 bits per heavy atom. The molecule has 7 nitrogen and oxygen atoms in total. The molecule has 31 heavy (non-hydrogen) atoms. The Balaban J connectivity index is 1.78. The first-order valence-electron chi connectivity index (χ1n) is 10.1. The molecule has 0 bridgehead atoms. The number of sulfonamides is 1. The molecule has 2 aromatic carbocycles. The summed E-state index contributed by atoms with van der Waals surface area (Å²) in [5.74, 6) is -1.17. The zero-order valence-corrected chi connectivity index (χ0v) is 19.0. The molecular formula is C22H25ClN2O5S. The lowest BCUT2D eigenvalue weighted by Gasteiger charge is -2.24. The summed E-state index contributed by atoms with van der Waals surface area (Å²) in [6.07, 6.45) is 0.517. The number of esters is 1. The average Bonchev–Trinajstić information content (AvgIpc) is 3.31. The van der Waals surface area contributed by atoms with Crippen LogP contribution in [0.2, 0.25) is 5.02 Å². The molecule has 1 amide bonds. The highest BCUT2D eigenvalue weighted by molar-refractivity contribution is 7.89. The first-order valence-corrected chi connectivity index (χ1v) is 11.9. The molecule has 0 spiro atoms. The Morgan fingerprint density at radius 1 is 1.13 bits per heavy atom. The van der Waals surface area contributed by atoms with E-state index in [0.29, 0.717) is 25.3 Å². The molecule has 1 aliphatic heterocycles. The van der Waals surface area contributed by atoms with Gasteiger partial charge >= 0.3 is 5.97 Å². The molecule has 2 aromatic rings. The maximum atomic E-state index is 12.9. The number of rotatable bonds is 7. The van der Waals surface area contributed by atoms with E-state index in [9.17, 15) is 18.0 Å². The highest BCUT2D eigenvalue weighted by Gasteiger charge is 2.31. The van der Waals surface area contributed by atoms with Crippen LogP contribution in [0.3, 0.4) is 0 Å². The van der Waals surface area contributed by atoms with Crippen molar-refractivity contribution in [2.75, 3.05) is 24.5 Å². The van der Waals surface area contributed by atoms with E-state index in [1.54, 1.807) is 12.1 Å². The number of carbonyl (C=O) groups excluding carboxylic acids is 2. The van der Waals surface area contributed by atoms with Crippen molar-refractivity contribution in [2.24, 2.45) is 0 Å². The Morgan fingerprint density at radius 3 is 2.39 bits per heavy atom. The summed E-state index contributed by atoms with van der Waals surface area (Å²) in [6, 6.07) is 13.0. The lowest BCUT2D eigenvalue weighted by Crippen LogP contribution is -2.40. The average molecular weight is 465 g/mol. The molecule has 166 valence electrons. The number of amides is 1. The van der Waals surface area contributed by atoms with Crippen LogP contribution < -0.4 is 4.90 Å². The van der Waals surface area contributed by atoms with Gasteiger partial charge in [-0.25, -0.2) is 13.2 Å². The molecule has 1 saturated heterocycles. The van der Waals surface area contributed by atoms with Crippen molar-refractivity contribution in [3.8, 4) is 0 Å². The summed E-state index contributed by atoms with van der Waals surface area (Å²) < 4.78 is 32.5. The largest absolute Gasteiger partial charge is 0.449 e. The minimum Gasteiger partial charge on any atom is -0.449 e. The summed E-state index contributed by atoms with van der Waals surface area (Å²) in [5.41, 5.74) is 0.716. The fourth-order valence-corrected chi connectivity index (χ4v) is 5.49. The minimum atomic E-state index is -3.81. The van der Waals surface area contributed by atoms with Gasteiger partial charge in [0.25, 0.3) is 5.91 Å². The number of nitrogens with zero attached hydrogens (tertiary/aromatic N) is 2. The number of ether oxygens (including phenoxy) is 1. The van der Waals surface area contributed by atoms with Crippen molar-refractivity contribution in [1.82, 2.24) is 4.31 Å². The number of hydrogen-bond acceptors (Lipinski definition) is 5. The fraction of sp³-hybridized carbons (Fsp3) is 0.364. The van der Waals surface area contributed by atoms with Gasteiger partial charge in [-0.3, -0.25) is 4.79 Å². The van der Waals surface area contributed by atoms with E-state index in [2.05, 4.69) is 0 Å². The van der Waals surface area contributed by atoms with Gasteiger partial charge in [0, 0.05) is 25.3 Å². The molecule has 0 N–H and O–H groups in total. The van der Waals surface area contributed by atoms with Gasteiger partial charge in [-0.1, -0.05) is 29.8 Å². The van der Waals surface area contributed by atoms with Gasteiger partial charge in [0.1, 0.15) is 4.90 Å². The first kappa shape index (κ1) is 23.2. The summed E-state index contributed by atoms with van der Waals surface area (Å²) in [7, 11) is -3.81. The van der Waals surface area contributed by atoms with Gasteiger partial charge in [-0.15, -0.1) is 0 Å². The zero-order chi connectivity index (χ0) is 22.6. The Kier molecular flexibility index (Phi) is 7.35. The topological polar surface area (TPSA) is 84.0 Å². The predicted octanol–water partition coefficient (Wildman–Crippen LogP) is 3.72. The number of halogens is 1. The Bertz CT molecular complexity index is 1050. The second-order valence-electron chi connectivity index (χ2n) is 7.22. The standard InChI is InChI=1S/C22H25ClN2O5S/c1-3-25(18-9-5-4-6-10-18)21(26)16(2)30-22(27)17-11-12-19(23)20(15-17)31(28,29)24-13-7-8-14-24/h4-6,9-12,15-16H,3,7-8,13-14H2,1-2H3/t16-/m0/s1. The molecule has 0 radical (unpaired) electrons. The summed E-state index contributed by atoms with van der Waals surface area (Å²) in [5, 5.41) is 0.0359. The summed E-state index contributed by atoms with van der Waals surface area (Å²) in [4.78, 5) is 26.9. The van der Waals surface area contributed by atoms with E-state index in [-0.39, 0.29) is 21.4 Å². The van der Waals surface area contributed by atoms with E-state index in [1.807, 2.05) is 25.1 Å². The van der Waals surface area contributed by atoms with Gasteiger partial charge in [-0.05, 0) is 57.0 Å². The van der Waals surface area contributed by atoms with Crippen molar-refractivity contribution >= 4 is 39.2 Å². The first-order chi connectivity index (χ1) is 14.8. The molecule has 0 unspecified atom stereocenters. The van der Waals surface area contributed by atoms with E-state index >= 15 is 0 Å². The number of carbonyl (C=O) groups is 2. The van der Waals surface area contributed by atoms with Crippen molar-refractivity contribution < 1.29 is 22.7 Å². The molecule has 1 atom stereocenters. The number of anilines is 1. The molecule has 0 saturated carbocycles. The van der Waals surface area contributed by atoms with E-state index in [4.69, 9.17) is 16.3 Å². The van der Waals surface area contributed by atoms with Gasteiger partial charge in [0.2, 0.25) is 10.0 Å². The Labute approximate surface area is 187 Å². The maximum absolute atomic E-state index is 12.9. The van der Waals surface area contributed by atoms with Gasteiger partial charge < -0.3 is 9.64 Å². The third kappa shape index (κ3) is 5.08. The quantitative estimate of drug-likeness (QED) is 0.583. The van der Waals surface area contributed by atoms with Gasteiger partial charge in [-0.2, -0.15) is 4.31 Å². The molecule has 1 fully saturated rings. The highest BCUT2D eigenvalue weighted by Crippen LogP contribution is 2.28. The monoisotopic (exact) mass is 464 g/mol. The van der Waals surface area contributed by atoms with Crippen LogP contribution >= 0.6 is 11.6 Å². The van der Waals surface area contributed by atoms with Crippen LogP contribution in [-0.2, 0) is 19.6 Å². The number of para-hydroxylation sites is 1. The smallest absolute Gasteiger partial charge is 0.338 e. The van der Waals surface area contributed by atoms with Crippen LogP contribution in [0, 0.1) is 0 Å². The number of benzene rings is 2. The second-order valence-corrected chi connectivity index (χ2v) is 9.54. The SMILES string of the molecule is CCN(C(=O)[C@H](C)OC(=O)c1ccc(Cl)c(S(=O)(=O)N2CCCC2)c1)c1ccccc1. The fourth-order valence-electron chi connectivity index (χ4n) is 3.47. The minimum absolute atomic E-state index is 0.0181. The lowest BCUT2D eigenvalue weighted by molar-refractivity contribution is -0.126. The van der Waals surface area contributed by atoms with E-state index in [0.717, 1.165) is 12.8 Å². The van der Waals surface area contributed by atoms with E-state index in [1.165, 1.54) is 34.3 Å². The molecule has 3 rings (SSSR count). The third-order valence-electron chi connectivity index (χ3n) is 5.13. The normalized spacial score (nSPS) is 15.5. The predicted molar refractivity (Wildman–Crippen MR) is 119 cm³/mol. The van der Waals surface area contributed by atoms with Gasteiger partial charge in [0.05, 0.1) is 10.6 Å². The van der Waals surface area contributed by atoms with Crippen molar-refractivity contribution in [2.45, 2.75) is 37.7 Å². The van der Waals surface area contributed by atoms with Crippen molar-refractivity contribution in [3.05, 3.63) is 59.1 Å².